The molecule has 0 radical (unpaired) electrons. The van der Waals surface area contributed by atoms with Crippen molar-refractivity contribution in [3.05, 3.63) is 102 Å². The second kappa shape index (κ2) is 6.14. The quantitative estimate of drug-likeness (QED) is 0.503. The molecule has 23 heavy (non-hydrogen) atoms. The Morgan fingerprint density at radius 2 is 1.17 bits per heavy atom. The number of benzene rings is 3. The third-order valence-electron chi connectivity index (χ3n) is 4.59. The first-order valence-corrected chi connectivity index (χ1v) is 9.32. The molecular weight excluding hydrogens is 290 g/mol. The number of allylic oxidation sites excluding steroid dienone is 1. The van der Waals surface area contributed by atoms with Crippen LogP contribution in [0.2, 0.25) is 0 Å². The minimum absolute atomic E-state index is 0.0363. The minimum atomic E-state index is -0.507. The summed E-state index contributed by atoms with van der Waals surface area (Å²) in [6, 6.07) is 30.7. The first kappa shape index (κ1) is 15.0. The van der Waals surface area contributed by atoms with Gasteiger partial charge in [0.15, 0.2) is 0 Å². The van der Waals surface area contributed by atoms with Gasteiger partial charge in [-0.05, 0) is 0 Å². The van der Waals surface area contributed by atoms with Crippen LogP contribution in [0.25, 0.3) is 6.08 Å². The van der Waals surface area contributed by atoms with Gasteiger partial charge in [-0.1, -0.05) is 0 Å². The number of hydrogen-bond acceptors (Lipinski definition) is 0. The summed E-state index contributed by atoms with van der Waals surface area (Å²) in [7, 11) is -0.507. The van der Waals surface area contributed by atoms with Crippen LogP contribution in [0.15, 0.2) is 91.0 Å². The summed E-state index contributed by atoms with van der Waals surface area (Å²) in [5, 5.41) is 2.86. The van der Waals surface area contributed by atoms with Gasteiger partial charge >= 0.3 is 148 Å². The molecule has 0 bridgehead atoms. The fourth-order valence-corrected chi connectivity index (χ4v) is 6.46. The molecule has 1 unspecified atom stereocenters. The van der Waals surface area contributed by atoms with Gasteiger partial charge in [0, 0.05) is 0 Å². The first-order valence-electron chi connectivity index (χ1n) is 7.98. The third-order valence-corrected chi connectivity index (χ3v) is 7.53. The molecule has 3 aromatic carbocycles. The number of rotatable bonds is 3. The molecular formula is C21H16LiP. The molecule has 3 aromatic rings. The van der Waals surface area contributed by atoms with Crippen LogP contribution in [0.3, 0.4) is 0 Å². The number of fused-ring (bicyclic) bond motifs is 1. The Labute approximate surface area is 148 Å². The van der Waals surface area contributed by atoms with E-state index in [4.69, 9.17) is 0 Å². The zero-order valence-corrected chi connectivity index (χ0v) is 14.1. The summed E-state index contributed by atoms with van der Waals surface area (Å²) >= 11 is 2.39. The topological polar surface area (TPSA) is 0 Å². The second-order valence-electron chi connectivity index (χ2n) is 6.07. The molecule has 1 atom stereocenters. The van der Waals surface area contributed by atoms with Crippen LogP contribution in [0.4, 0.5) is 0 Å². The molecule has 106 valence electrons. The van der Waals surface area contributed by atoms with E-state index in [1.54, 1.807) is 0 Å². The van der Waals surface area contributed by atoms with Crippen LogP contribution in [-0.2, 0) is 3.83 Å². The van der Waals surface area contributed by atoms with Gasteiger partial charge in [0.1, 0.15) is 0 Å². The molecule has 0 nitrogen and oxygen atoms in total. The molecule has 0 aliphatic heterocycles. The number of hydrogen-bond donors (Lipinski definition) is 0. The Balaban J connectivity index is 1.92. The molecule has 1 aliphatic rings. The Morgan fingerprint density at radius 1 is 0.652 bits per heavy atom. The van der Waals surface area contributed by atoms with E-state index in [-0.39, 0.29) is 3.83 Å². The van der Waals surface area contributed by atoms with Crippen molar-refractivity contribution in [2.75, 3.05) is 0 Å². The molecule has 4 rings (SSSR count). The predicted molar refractivity (Wildman–Crippen MR) is 102 cm³/mol. The van der Waals surface area contributed by atoms with Crippen LogP contribution in [0.5, 0.6) is 0 Å². The summed E-state index contributed by atoms with van der Waals surface area (Å²) < 4.78 is 0.0363. The predicted octanol–water partition coefficient (Wildman–Crippen LogP) is 4.17. The van der Waals surface area contributed by atoms with Gasteiger partial charge in [-0.25, -0.2) is 0 Å². The van der Waals surface area contributed by atoms with Gasteiger partial charge in [0.05, 0.1) is 0 Å². The molecule has 1 aliphatic carbocycles. The van der Waals surface area contributed by atoms with Crippen LogP contribution in [0, 0.1) is 0 Å². The molecule has 2 heteroatoms. The van der Waals surface area contributed by atoms with Gasteiger partial charge in [-0.2, -0.15) is 0 Å². The average molecular weight is 306 g/mol. The Kier molecular flexibility index (Phi) is 4.00. The van der Waals surface area contributed by atoms with Gasteiger partial charge in [-0.3, -0.25) is 0 Å². The second-order valence-corrected chi connectivity index (χ2v) is 8.71. The maximum atomic E-state index is 2.41. The molecule has 0 spiro atoms. The van der Waals surface area contributed by atoms with E-state index in [0.29, 0.717) is 0 Å². The van der Waals surface area contributed by atoms with E-state index in [1.807, 2.05) is 0 Å². The van der Waals surface area contributed by atoms with Crippen molar-refractivity contribution < 1.29 is 0 Å². The Hall–Kier alpha value is -1.57. The van der Waals surface area contributed by atoms with Gasteiger partial charge in [0.25, 0.3) is 0 Å². The van der Waals surface area contributed by atoms with Gasteiger partial charge in [0.2, 0.25) is 0 Å². The van der Waals surface area contributed by atoms with Crippen molar-refractivity contribution in [3.63, 3.8) is 0 Å². The molecule has 0 aromatic heterocycles. The van der Waals surface area contributed by atoms with Crippen molar-refractivity contribution in [2.24, 2.45) is 0 Å². The van der Waals surface area contributed by atoms with Crippen LogP contribution < -0.4 is 10.6 Å². The van der Waals surface area contributed by atoms with Crippen molar-refractivity contribution in [3.8, 4) is 0 Å². The van der Waals surface area contributed by atoms with E-state index in [0.717, 1.165) is 0 Å². The van der Waals surface area contributed by atoms with Crippen LogP contribution >= 0.6 is 7.92 Å². The van der Waals surface area contributed by atoms with E-state index in [1.165, 1.54) is 21.7 Å². The van der Waals surface area contributed by atoms with E-state index in [9.17, 15) is 0 Å². The maximum absolute atomic E-state index is 2.41. The van der Waals surface area contributed by atoms with Crippen LogP contribution in [-0.4, -0.2) is 17.7 Å². The fraction of sp³-hybridized carbons (Fsp3) is 0.0476. The molecule has 0 amide bonds. The fourth-order valence-electron chi connectivity index (χ4n) is 3.48. The summed E-state index contributed by atoms with van der Waals surface area (Å²) in [6.07, 6.45) is 4.69. The summed E-state index contributed by atoms with van der Waals surface area (Å²) in [4.78, 5) is 0. The van der Waals surface area contributed by atoms with E-state index < -0.39 is 7.92 Å². The summed E-state index contributed by atoms with van der Waals surface area (Å²) in [5.41, 5.74) is 2.80. The van der Waals surface area contributed by atoms with E-state index in [2.05, 4.69) is 115 Å². The zero-order valence-electron chi connectivity index (χ0n) is 13.2. The monoisotopic (exact) mass is 306 g/mol. The average Bonchev–Trinajstić information content (AvgIpc) is 2.95. The Morgan fingerprint density at radius 3 is 1.78 bits per heavy atom. The van der Waals surface area contributed by atoms with Gasteiger partial charge in [-0.15, -0.1) is 0 Å². The molecule has 0 N–H and O–H groups in total. The normalized spacial score (nSPS) is 19.1. The van der Waals surface area contributed by atoms with Gasteiger partial charge < -0.3 is 0 Å². The standard InChI is InChI=1S/C21H16P.Li/c1-3-10-18(11-4-1)22(19-12-5-2-6-13-19)21-16-15-17-9-7-8-14-20(17)21;/h1-16H;. The van der Waals surface area contributed by atoms with Crippen molar-refractivity contribution >= 4 is 42.3 Å². The SMILES string of the molecule is [Li][C]1(P(c2ccccc2)c2ccccc2)C=Cc2ccccc21. The Bertz CT molecular complexity index is 802. The summed E-state index contributed by atoms with van der Waals surface area (Å²) in [6.45, 7) is 0. The van der Waals surface area contributed by atoms with Crippen molar-refractivity contribution in [2.45, 2.75) is 3.83 Å². The molecule has 0 saturated heterocycles. The van der Waals surface area contributed by atoms with Crippen molar-refractivity contribution in [1.82, 2.24) is 0 Å². The van der Waals surface area contributed by atoms with Crippen molar-refractivity contribution in [1.29, 1.82) is 0 Å². The molecule has 0 fully saturated rings. The summed E-state index contributed by atoms with van der Waals surface area (Å²) in [5.74, 6) is 0. The van der Waals surface area contributed by atoms with Crippen LogP contribution in [0.1, 0.15) is 11.1 Å². The third kappa shape index (κ3) is 2.62. The zero-order chi connectivity index (χ0) is 15.7. The van der Waals surface area contributed by atoms with E-state index >= 15 is 0 Å². The molecule has 0 heterocycles. The molecule has 0 saturated carbocycles. The first-order chi connectivity index (χ1) is 11.3.